The average molecular weight is 226 g/mol. The van der Waals surface area contributed by atoms with Crippen LogP contribution >= 0.6 is 0 Å². The van der Waals surface area contributed by atoms with Crippen molar-refractivity contribution in [1.82, 2.24) is 19.7 Å². The summed E-state index contributed by atoms with van der Waals surface area (Å²) in [6.45, 7) is 2.47. The number of aromatic nitrogens is 4. The Bertz CT molecular complexity index is 582. The molecule has 2 aromatic heterocycles. The van der Waals surface area contributed by atoms with Gasteiger partial charge in [0.25, 0.3) is 0 Å². The Hall–Kier alpha value is -2.42. The topological polar surface area (TPSA) is 70.6 Å². The van der Waals surface area contributed by atoms with E-state index >= 15 is 0 Å². The normalized spacial score (nSPS) is 14.2. The molecule has 3 rings (SSSR count). The van der Waals surface area contributed by atoms with Gasteiger partial charge in [-0.1, -0.05) is 0 Å². The van der Waals surface area contributed by atoms with Gasteiger partial charge in [0.15, 0.2) is 5.82 Å². The number of nitrogens with zero attached hydrogens (tertiary/aromatic N) is 6. The van der Waals surface area contributed by atoms with Crippen LogP contribution in [0, 0.1) is 11.3 Å². The zero-order valence-corrected chi connectivity index (χ0v) is 9.11. The molecule has 0 unspecified atom stereocenters. The van der Waals surface area contributed by atoms with Gasteiger partial charge in [0, 0.05) is 25.0 Å². The van der Waals surface area contributed by atoms with Gasteiger partial charge >= 0.3 is 0 Å². The number of rotatable bonds is 1. The summed E-state index contributed by atoms with van der Waals surface area (Å²) in [5.41, 5.74) is 1.44. The molecule has 6 nitrogen and oxygen atoms in total. The lowest BCUT2D eigenvalue weighted by Crippen LogP contribution is -2.33. The Morgan fingerprint density at radius 2 is 2.29 bits per heavy atom. The molecule has 6 heteroatoms. The molecule has 0 saturated carbocycles. The van der Waals surface area contributed by atoms with E-state index in [1.165, 1.54) is 0 Å². The first-order valence-electron chi connectivity index (χ1n) is 5.34. The van der Waals surface area contributed by atoms with Gasteiger partial charge in [0.1, 0.15) is 18.1 Å². The van der Waals surface area contributed by atoms with Crippen LogP contribution in [0.4, 0.5) is 5.69 Å². The lowest BCUT2D eigenvalue weighted by atomic mass is 10.2. The standard InChI is InChI=1S/C11H10N6/c12-6-9-5-10(1-2-13-9)16-3-4-17-8-14-15-11(17)7-16/h1-2,5,8H,3-4,7H2. The molecule has 0 amide bonds. The fraction of sp³-hybridized carbons (Fsp3) is 0.273. The third-order valence-corrected chi connectivity index (χ3v) is 2.86. The highest BCUT2D eigenvalue weighted by atomic mass is 15.3. The van der Waals surface area contributed by atoms with E-state index in [0.717, 1.165) is 31.1 Å². The summed E-state index contributed by atoms with van der Waals surface area (Å²) in [4.78, 5) is 6.14. The van der Waals surface area contributed by atoms with Gasteiger partial charge in [0.2, 0.25) is 0 Å². The van der Waals surface area contributed by atoms with E-state index in [9.17, 15) is 0 Å². The monoisotopic (exact) mass is 226 g/mol. The Morgan fingerprint density at radius 3 is 3.18 bits per heavy atom. The van der Waals surface area contributed by atoms with Crippen molar-refractivity contribution in [2.45, 2.75) is 13.1 Å². The average Bonchev–Trinajstić information content (AvgIpc) is 2.86. The summed E-state index contributed by atoms with van der Waals surface area (Å²) in [6, 6.07) is 5.76. The first-order chi connectivity index (χ1) is 8.36. The molecular formula is C11H10N6. The molecule has 1 aliphatic rings. The van der Waals surface area contributed by atoms with Crippen molar-refractivity contribution in [2.24, 2.45) is 0 Å². The predicted octanol–water partition coefficient (Wildman–Crippen LogP) is 0.565. The van der Waals surface area contributed by atoms with Crippen LogP contribution in [-0.2, 0) is 13.1 Å². The maximum atomic E-state index is 8.83. The van der Waals surface area contributed by atoms with Gasteiger partial charge in [-0.15, -0.1) is 10.2 Å². The van der Waals surface area contributed by atoms with Gasteiger partial charge in [0.05, 0.1) is 6.54 Å². The molecule has 84 valence electrons. The quantitative estimate of drug-likeness (QED) is 0.710. The molecule has 0 atom stereocenters. The summed E-state index contributed by atoms with van der Waals surface area (Å²) in [6.07, 6.45) is 3.41. The molecule has 0 fully saturated rings. The molecule has 0 radical (unpaired) electrons. The van der Waals surface area contributed by atoms with E-state index < -0.39 is 0 Å². The van der Waals surface area contributed by atoms with E-state index in [1.807, 2.05) is 16.7 Å². The van der Waals surface area contributed by atoms with Crippen LogP contribution in [-0.4, -0.2) is 26.3 Å². The van der Waals surface area contributed by atoms with Crippen molar-refractivity contribution in [3.8, 4) is 6.07 Å². The van der Waals surface area contributed by atoms with Crippen LogP contribution in [0.5, 0.6) is 0 Å². The second-order valence-corrected chi connectivity index (χ2v) is 3.87. The Balaban J connectivity index is 1.89. The number of nitriles is 1. The molecule has 3 heterocycles. The van der Waals surface area contributed by atoms with Crippen molar-refractivity contribution >= 4 is 5.69 Å². The van der Waals surface area contributed by atoms with Crippen LogP contribution in [0.15, 0.2) is 24.7 Å². The molecule has 0 spiro atoms. The molecule has 0 saturated heterocycles. The molecule has 0 bridgehead atoms. The molecule has 1 aliphatic heterocycles. The largest absolute Gasteiger partial charge is 0.362 e. The fourth-order valence-corrected chi connectivity index (χ4v) is 1.96. The molecule has 17 heavy (non-hydrogen) atoms. The Morgan fingerprint density at radius 1 is 1.35 bits per heavy atom. The highest BCUT2D eigenvalue weighted by Crippen LogP contribution is 2.19. The first-order valence-corrected chi connectivity index (χ1v) is 5.34. The van der Waals surface area contributed by atoms with Crippen LogP contribution in [0.25, 0.3) is 0 Å². The second kappa shape index (κ2) is 3.87. The van der Waals surface area contributed by atoms with Crippen molar-refractivity contribution in [2.75, 3.05) is 11.4 Å². The van der Waals surface area contributed by atoms with Gasteiger partial charge in [-0.25, -0.2) is 4.98 Å². The van der Waals surface area contributed by atoms with Gasteiger partial charge in [-0.05, 0) is 12.1 Å². The smallest absolute Gasteiger partial charge is 0.152 e. The third kappa shape index (κ3) is 1.72. The number of anilines is 1. The Kier molecular flexibility index (Phi) is 2.22. The fourth-order valence-electron chi connectivity index (χ4n) is 1.96. The zero-order chi connectivity index (χ0) is 11.7. The van der Waals surface area contributed by atoms with E-state index in [0.29, 0.717) is 5.69 Å². The Labute approximate surface area is 98.1 Å². The number of hydrogen-bond acceptors (Lipinski definition) is 5. The maximum Gasteiger partial charge on any atom is 0.152 e. The SMILES string of the molecule is N#Cc1cc(N2CCn3cnnc3C2)ccn1. The van der Waals surface area contributed by atoms with Crippen LogP contribution in [0.3, 0.4) is 0 Å². The molecule has 0 aliphatic carbocycles. The first kappa shape index (κ1) is 9.78. The number of hydrogen-bond donors (Lipinski definition) is 0. The van der Waals surface area contributed by atoms with Crippen LogP contribution in [0.2, 0.25) is 0 Å². The number of pyridine rings is 1. The maximum absolute atomic E-state index is 8.83. The summed E-state index contributed by atoms with van der Waals surface area (Å²) in [5, 5.41) is 16.8. The highest BCUT2D eigenvalue weighted by Gasteiger charge is 2.17. The van der Waals surface area contributed by atoms with Gasteiger partial charge in [-0.3, -0.25) is 0 Å². The van der Waals surface area contributed by atoms with Crippen molar-refractivity contribution in [1.29, 1.82) is 5.26 Å². The third-order valence-electron chi connectivity index (χ3n) is 2.86. The summed E-state index contributed by atoms with van der Waals surface area (Å²) in [5.74, 6) is 0.951. The molecular weight excluding hydrogens is 216 g/mol. The van der Waals surface area contributed by atoms with E-state index in [4.69, 9.17) is 5.26 Å². The molecule has 0 N–H and O–H groups in total. The molecule has 2 aromatic rings. The van der Waals surface area contributed by atoms with Crippen molar-refractivity contribution < 1.29 is 0 Å². The zero-order valence-electron chi connectivity index (χ0n) is 9.11. The lowest BCUT2D eigenvalue weighted by molar-refractivity contribution is 0.560. The van der Waals surface area contributed by atoms with Crippen molar-refractivity contribution in [3.05, 3.63) is 36.2 Å². The van der Waals surface area contributed by atoms with Gasteiger partial charge in [-0.2, -0.15) is 5.26 Å². The summed E-state index contributed by atoms with van der Waals surface area (Å²) >= 11 is 0. The van der Waals surface area contributed by atoms with Crippen LogP contribution < -0.4 is 4.90 Å². The van der Waals surface area contributed by atoms with Gasteiger partial charge < -0.3 is 9.47 Å². The van der Waals surface area contributed by atoms with E-state index in [1.54, 1.807) is 18.6 Å². The summed E-state index contributed by atoms with van der Waals surface area (Å²) in [7, 11) is 0. The minimum Gasteiger partial charge on any atom is -0.362 e. The predicted molar refractivity (Wildman–Crippen MR) is 60.0 cm³/mol. The minimum absolute atomic E-state index is 0.439. The van der Waals surface area contributed by atoms with E-state index in [-0.39, 0.29) is 0 Å². The minimum atomic E-state index is 0.439. The van der Waals surface area contributed by atoms with Crippen LogP contribution in [0.1, 0.15) is 11.5 Å². The highest BCUT2D eigenvalue weighted by molar-refractivity contribution is 5.49. The molecule has 0 aromatic carbocycles. The van der Waals surface area contributed by atoms with Crippen molar-refractivity contribution in [3.63, 3.8) is 0 Å². The number of fused-ring (bicyclic) bond motifs is 1. The summed E-state index contributed by atoms with van der Waals surface area (Å²) < 4.78 is 2.04. The lowest BCUT2D eigenvalue weighted by Gasteiger charge is -2.28. The second-order valence-electron chi connectivity index (χ2n) is 3.87. The van der Waals surface area contributed by atoms with E-state index in [2.05, 4.69) is 20.1 Å².